The van der Waals surface area contributed by atoms with Gasteiger partial charge in [0.2, 0.25) is 0 Å². The Bertz CT molecular complexity index is 1360. The first kappa shape index (κ1) is 26.7. The number of nitrogens with one attached hydrogen (secondary N) is 1. The number of halogens is 6. The van der Waals surface area contributed by atoms with E-state index in [0.29, 0.717) is 17.7 Å². The molecule has 1 fully saturated rings. The topological polar surface area (TPSA) is 71.5 Å². The number of benzene rings is 2. The largest absolute Gasteiger partial charge is 0.487 e. The van der Waals surface area contributed by atoms with Gasteiger partial charge in [0.1, 0.15) is 28.5 Å². The van der Waals surface area contributed by atoms with Gasteiger partial charge in [-0.15, -0.1) is 0 Å². The van der Waals surface area contributed by atoms with E-state index < -0.39 is 68.7 Å². The maximum absolute atomic E-state index is 14.9. The van der Waals surface area contributed by atoms with Crippen molar-refractivity contribution >= 4 is 15.8 Å². The second kappa shape index (κ2) is 10.6. The van der Waals surface area contributed by atoms with E-state index in [1.807, 2.05) is 4.72 Å². The van der Waals surface area contributed by atoms with E-state index in [4.69, 9.17) is 4.74 Å². The molecule has 0 saturated carbocycles. The predicted octanol–water partition coefficient (Wildman–Crippen LogP) is 5.10. The Hall–Kier alpha value is -3.32. The van der Waals surface area contributed by atoms with Crippen molar-refractivity contribution in [3.63, 3.8) is 0 Å². The molecule has 0 radical (unpaired) electrons. The van der Waals surface area contributed by atoms with Crippen molar-refractivity contribution in [2.75, 3.05) is 24.4 Å². The molecule has 1 aliphatic rings. The van der Waals surface area contributed by atoms with Gasteiger partial charge in [-0.25, -0.2) is 26.6 Å². The summed E-state index contributed by atoms with van der Waals surface area (Å²) in [6.45, 7) is -1.14. The van der Waals surface area contributed by atoms with E-state index in [1.165, 1.54) is 4.90 Å². The molecule has 2 atom stereocenters. The molecule has 37 heavy (non-hydrogen) atoms. The van der Waals surface area contributed by atoms with E-state index in [9.17, 15) is 34.8 Å². The lowest BCUT2D eigenvalue weighted by Gasteiger charge is -2.39. The van der Waals surface area contributed by atoms with Crippen LogP contribution < -0.4 is 9.46 Å². The van der Waals surface area contributed by atoms with E-state index >= 15 is 0 Å². The van der Waals surface area contributed by atoms with E-state index in [0.717, 1.165) is 18.3 Å². The van der Waals surface area contributed by atoms with Crippen LogP contribution in [0.15, 0.2) is 65.7 Å². The summed E-state index contributed by atoms with van der Waals surface area (Å²) < 4.78 is 115. The van der Waals surface area contributed by atoms with Gasteiger partial charge in [0, 0.05) is 43.4 Å². The number of anilines is 1. The minimum absolute atomic E-state index is 0.00856. The normalized spacial score (nSPS) is 19.0. The number of rotatable bonds is 7. The second-order valence-electron chi connectivity index (χ2n) is 8.49. The van der Waals surface area contributed by atoms with Gasteiger partial charge < -0.3 is 4.74 Å². The first-order valence-corrected chi connectivity index (χ1v) is 12.5. The second-order valence-corrected chi connectivity index (χ2v) is 10.1. The Balaban J connectivity index is 1.57. The number of aromatic nitrogens is 1. The molecule has 3 aromatic rings. The van der Waals surface area contributed by atoms with Gasteiger partial charge in [0.15, 0.2) is 11.6 Å². The van der Waals surface area contributed by atoms with Crippen LogP contribution in [0.3, 0.4) is 0 Å². The number of hydrogen-bond donors (Lipinski definition) is 1. The number of sulfonamides is 1. The van der Waals surface area contributed by atoms with Gasteiger partial charge in [0.25, 0.3) is 10.0 Å². The number of nitrogens with zero attached hydrogens (tertiary/aromatic N) is 2. The fourth-order valence-corrected chi connectivity index (χ4v) is 5.25. The molecule has 2 heterocycles. The van der Waals surface area contributed by atoms with Gasteiger partial charge in [-0.05, 0) is 18.1 Å². The summed E-state index contributed by atoms with van der Waals surface area (Å²) in [5.41, 5.74) is 0.659. The molecule has 0 unspecified atom stereocenters. The molecular weight excluding hydrogens is 524 g/mol. The third-order valence-electron chi connectivity index (χ3n) is 5.78. The molecule has 2 aromatic carbocycles. The summed E-state index contributed by atoms with van der Waals surface area (Å²) >= 11 is 0. The number of likely N-dealkylation sites (tertiary alicyclic amines) is 1. The van der Waals surface area contributed by atoms with Crippen molar-refractivity contribution in [1.29, 1.82) is 0 Å². The standard InChI is InChI=1S/C24H21F6N3O3S/c25-16-6-8-31-23(10-16)32-37(34,35)22-12-18(26)21(11-19(22)27)36-20-7-9-33(14-24(28,29)30)13-17(20)15-4-2-1-3-5-15/h1-6,8,10-12,17,20H,7,9,13-14H2,(H,31,32)/t17-,20+/m1/s1. The molecule has 1 saturated heterocycles. The molecule has 0 spiro atoms. The number of ether oxygens (including phenoxy) is 1. The summed E-state index contributed by atoms with van der Waals surface area (Å²) in [6, 6.07) is 11.3. The maximum Gasteiger partial charge on any atom is 0.401 e. The van der Waals surface area contributed by atoms with Crippen molar-refractivity contribution in [2.45, 2.75) is 29.5 Å². The summed E-state index contributed by atoms with van der Waals surface area (Å²) in [7, 11) is -4.67. The molecule has 1 N–H and O–H groups in total. The van der Waals surface area contributed by atoms with Gasteiger partial charge in [-0.3, -0.25) is 9.62 Å². The van der Waals surface area contributed by atoms with Crippen LogP contribution in [0.1, 0.15) is 17.9 Å². The van der Waals surface area contributed by atoms with Crippen LogP contribution in [0.4, 0.5) is 32.2 Å². The molecular formula is C24H21F6N3O3S. The smallest absolute Gasteiger partial charge is 0.401 e. The number of hydrogen-bond acceptors (Lipinski definition) is 5. The Morgan fingerprint density at radius 2 is 1.76 bits per heavy atom. The minimum atomic E-state index is -4.67. The molecule has 6 nitrogen and oxygen atoms in total. The SMILES string of the molecule is O=S(=O)(Nc1cc(F)ccn1)c1cc(F)c(O[C@H]2CCN(CC(F)(F)F)C[C@@H]2c2ccccc2)cc1F. The van der Waals surface area contributed by atoms with Gasteiger partial charge in [0.05, 0.1) is 6.54 Å². The molecule has 0 aliphatic carbocycles. The number of piperidine rings is 1. The zero-order valence-electron chi connectivity index (χ0n) is 19.1. The predicted molar refractivity (Wildman–Crippen MR) is 122 cm³/mol. The van der Waals surface area contributed by atoms with E-state index in [-0.39, 0.29) is 19.5 Å². The monoisotopic (exact) mass is 545 g/mol. The highest BCUT2D eigenvalue weighted by atomic mass is 32.2. The van der Waals surface area contributed by atoms with Crippen molar-refractivity contribution in [2.24, 2.45) is 0 Å². The van der Waals surface area contributed by atoms with Gasteiger partial charge in [-0.2, -0.15) is 13.2 Å². The third kappa shape index (κ3) is 6.72. The molecule has 0 amide bonds. The highest BCUT2D eigenvalue weighted by Crippen LogP contribution is 2.34. The molecule has 1 aromatic heterocycles. The average Bonchev–Trinajstić information content (AvgIpc) is 2.81. The lowest BCUT2D eigenvalue weighted by molar-refractivity contribution is -0.150. The van der Waals surface area contributed by atoms with Gasteiger partial charge in [-0.1, -0.05) is 30.3 Å². The number of pyridine rings is 1. The van der Waals surface area contributed by atoms with Crippen LogP contribution in [0.2, 0.25) is 0 Å². The first-order chi connectivity index (χ1) is 17.4. The first-order valence-electron chi connectivity index (χ1n) is 11.1. The Labute approximate surface area is 208 Å². The highest BCUT2D eigenvalue weighted by molar-refractivity contribution is 7.92. The Morgan fingerprint density at radius 1 is 1.03 bits per heavy atom. The fourth-order valence-electron chi connectivity index (χ4n) is 4.18. The van der Waals surface area contributed by atoms with Gasteiger partial charge >= 0.3 is 6.18 Å². The van der Waals surface area contributed by atoms with Crippen LogP contribution in [0.5, 0.6) is 5.75 Å². The summed E-state index contributed by atoms with van der Waals surface area (Å²) in [4.78, 5) is 3.78. The fraction of sp³-hybridized carbons (Fsp3) is 0.292. The zero-order valence-corrected chi connectivity index (χ0v) is 19.9. The molecule has 1 aliphatic heterocycles. The van der Waals surface area contributed by atoms with Crippen LogP contribution in [-0.4, -0.2) is 50.2 Å². The van der Waals surface area contributed by atoms with Crippen molar-refractivity contribution < 1.29 is 39.5 Å². The van der Waals surface area contributed by atoms with Crippen molar-refractivity contribution in [3.05, 3.63) is 83.8 Å². The van der Waals surface area contributed by atoms with Crippen LogP contribution >= 0.6 is 0 Å². The lowest BCUT2D eigenvalue weighted by Crippen LogP contribution is -2.47. The molecule has 0 bridgehead atoms. The quantitative estimate of drug-likeness (QED) is 0.419. The highest BCUT2D eigenvalue weighted by Gasteiger charge is 2.38. The van der Waals surface area contributed by atoms with Crippen LogP contribution in [0, 0.1) is 17.5 Å². The minimum Gasteiger partial charge on any atom is -0.487 e. The average molecular weight is 546 g/mol. The van der Waals surface area contributed by atoms with E-state index in [1.54, 1.807) is 30.3 Å². The third-order valence-corrected chi connectivity index (χ3v) is 7.15. The lowest BCUT2D eigenvalue weighted by atomic mass is 9.87. The summed E-state index contributed by atoms with van der Waals surface area (Å²) in [5, 5.41) is 0. The van der Waals surface area contributed by atoms with E-state index in [2.05, 4.69) is 4.98 Å². The summed E-state index contributed by atoms with van der Waals surface area (Å²) in [5.74, 6) is -4.95. The summed E-state index contributed by atoms with van der Waals surface area (Å²) in [6.07, 6.45) is -4.13. The van der Waals surface area contributed by atoms with Crippen molar-refractivity contribution in [1.82, 2.24) is 9.88 Å². The molecule has 4 rings (SSSR count). The Kier molecular flexibility index (Phi) is 7.64. The van der Waals surface area contributed by atoms with Crippen LogP contribution in [0.25, 0.3) is 0 Å². The maximum atomic E-state index is 14.9. The number of alkyl halides is 3. The zero-order chi connectivity index (χ0) is 26.8. The molecule has 13 heteroatoms. The van der Waals surface area contributed by atoms with Crippen LogP contribution in [-0.2, 0) is 10.0 Å². The molecule has 198 valence electrons. The van der Waals surface area contributed by atoms with Crippen molar-refractivity contribution in [3.8, 4) is 5.75 Å². The Morgan fingerprint density at radius 3 is 2.43 bits per heavy atom.